The molecule has 1 unspecified atom stereocenters. The van der Waals surface area contributed by atoms with Gasteiger partial charge in [0.2, 0.25) is 5.88 Å². The number of hydrogen-bond donors (Lipinski definition) is 1. The molecule has 0 amide bonds. The number of fused-ring (bicyclic) bond motifs is 1. The summed E-state index contributed by atoms with van der Waals surface area (Å²) in [5, 5.41) is 0. The summed E-state index contributed by atoms with van der Waals surface area (Å²) < 4.78 is 5.34. The lowest BCUT2D eigenvalue weighted by Gasteiger charge is -2.19. The fourth-order valence-corrected chi connectivity index (χ4v) is 2.16. The van der Waals surface area contributed by atoms with Crippen LogP contribution in [-0.2, 0) is 0 Å². The number of aromatic nitrogens is 1. The molecule has 1 aliphatic heterocycles. The Labute approximate surface area is 69.2 Å². The van der Waals surface area contributed by atoms with Gasteiger partial charge in [-0.1, -0.05) is 0 Å². The van der Waals surface area contributed by atoms with Gasteiger partial charge in [-0.3, -0.25) is 0 Å². The van der Waals surface area contributed by atoms with Gasteiger partial charge in [-0.25, -0.2) is 4.98 Å². The third-order valence-electron chi connectivity index (χ3n) is 1.92. The molecule has 0 aliphatic carbocycles. The van der Waals surface area contributed by atoms with Gasteiger partial charge in [0, 0.05) is 12.5 Å². The van der Waals surface area contributed by atoms with Crippen molar-refractivity contribution in [3.05, 3.63) is 10.4 Å². The first-order chi connectivity index (χ1) is 5.42. The average molecular weight is 170 g/mol. The summed E-state index contributed by atoms with van der Waals surface area (Å²) in [6.45, 7) is 1.47. The predicted octanol–water partition coefficient (Wildman–Crippen LogP) is 0.968. The zero-order valence-electron chi connectivity index (χ0n) is 6.12. The van der Waals surface area contributed by atoms with Crippen molar-refractivity contribution in [2.24, 2.45) is 5.73 Å². The van der Waals surface area contributed by atoms with Gasteiger partial charge in [0.15, 0.2) is 0 Å². The first kappa shape index (κ1) is 7.06. The van der Waals surface area contributed by atoms with Crippen molar-refractivity contribution in [1.82, 2.24) is 4.98 Å². The highest BCUT2D eigenvalue weighted by Gasteiger charge is 2.22. The van der Waals surface area contributed by atoms with Gasteiger partial charge in [-0.2, -0.15) is 0 Å². The van der Waals surface area contributed by atoms with Crippen molar-refractivity contribution in [2.45, 2.75) is 12.3 Å². The number of rotatable bonds is 1. The van der Waals surface area contributed by atoms with Crippen LogP contribution in [0.25, 0.3) is 0 Å². The fraction of sp³-hybridized carbons (Fsp3) is 0.571. The molecule has 0 fully saturated rings. The Kier molecular flexibility index (Phi) is 1.79. The Morgan fingerprint density at radius 3 is 3.55 bits per heavy atom. The number of thiazole rings is 1. The van der Waals surface area contributed by atoms with Crippen molar-refractivity contribution in [3.8, 4) is 5.88 Å². The van der Waals surface area contributed by atoms with Crippen LogP contribution < -0.4 is 10.5 Å². The highest BCUT2D eigenvalue weighted by molar-refractivity contribution is 7.10. The van der Waals surface area contributed by atoms with Crippen LogP contribution in [0.5, 0.6) is 5.88 Å². The first-order valence-electron chi connectivity index (χ1n) is 3.68. The molecule has 1 aromatic rings. The van der Waals surface area contributed by atoms with Gasteiger partial charge >= 0.3 is 0 Å². The van der Waals surface area contributed by atoms with E-state index >= 15 is 0 Å². The minimum absolute atomic E-state index is 0.478. The predicted molar refractivity (Wildman–Crippen MR) is 44.0 cm³/mol. The van der Waals surface area contributed by atoms with E-state index in [1.165, 1.54) is 4.88 Å². The molecular weight excluding hydrogens is 160 g/mol. The summed E-state index contributed by atoms with van der Waals surface area (Å²) in [5.74, 6) is 1.28. The van der Waals surface area contributed by atoms with E-state index in [1.807, 2.05) is 5.51 Å². The van der Waals surface area contributed by atoms with Gasteiger partial charge in [0.25, 0.3) is 0 Å². The second kappa shape index (κ2) is 2.79. The van der Waals surface area contributed by atoms with E-state index in [4.69, 9.17) is 10.5 Å². The largest absolute Gasteiger partial charge is 0.477 e. The highest BCUT2D eigenvalue weighted by Crippen LogP contribution is 2.34. The Bertz CT molecular complexity index is 248. The Hall–Kier alpha value is -0.610. The van der Waals surface area contributed by atoms with Gasteiger partial charge in [-0.15, -0.1) is 11.3 Å². The topological polar surface area (TPSA) is 48.1 Å². The molecule has 0 radical (unpaired) electrons. The number of hydrogen-bond acceptors (Lipinski definition) is 4. The highest BCUT2D eigenvalue weighted by atomic mass is 32.1. The molecule has 0 saturated carbocycles. The lowest BCUT2D eigenvalue weighted by molar-refractivity contribution is 0.262. The summed E-state index contributed by atoms with van der Waals surface area (Å²) in [4.78, 5) is 5.32. The molecule has 2 rings (SSSR count). The molecule has 1 aliphatic rings. The van der Waals surface area contributed by atoms with Gasteiger partial charge in [-0.05, 0) is 6.42 Å². The zero-order valence-corrected chi connectivity index (χ0v) is 6.93. The van der Waals surface area contributed by atoms with Gasteiger partial charge in [0.05, 0.1) is 17.0 Å². The molecule has 0 spiro atoms. The van der Waals surface area contributed by atoms with Crippen LogP contribution in [0.4, 0.5) is 0 Å². The lowest BCUT2D eigenvalue weighted by atomic mass is 10.0. The first-order valence-corrected chi connectivity index (χ1v) is 4.56. The van der Waals surface area contributed by atoms with Crippen LogP contribution in [0.15, 0.2) is 5.51 Å². The van der Waals surface area contributed by atoms with E-state index in [1.54, 1.807) is 11.3 Å². The van der Waals surface area contributed by atoms with E-state index in [2.05, 4.69) is 4.98 Å². The summed E-state index contributed by atoms with van der Waals surface area (Å²) in [6, 6.07) is 0. The van der Waals surface area contributed by atoms with Crippen LogP contribution in [-0.4, -0.2) is 18.1 Å². The molecular formula is C7H10N2OS. The zero-order chi connectivity index (χ0) is 7.68. The van der Waals surface area contributed by atoms with Crippen LogP contribution in [0.2, 0.25) is 0 Å². The van der Waals surface area contributed by atoms with Crippen molar-refractivity contribution in [2.75, 3.05) is 13.2 Å². The molecule has 2 N–H and O–H groups in total. The molecule has 11 heavy (non-hydrogen) atoms. The summed E-state index contributed by atoms with van der Waals surface area (Å²) in [7, 11) is 0. The number of ether oxygens (including phenoxy) is 1. The van der Waals surface area contributed by atoms with E-state index < -0.39 is 0 Å². The fourth-order valence-electron chi connectivity index (χ4n) is 1.28. The number of nitrogens with zero attached hydrogens (tertiary/aromatic N) is 1. The Balaban J connectivity index is 2.32. The number of nitrogens with two attached hydrogens (primary N) is 1. The molecule has 2 heterocycles. The smallest absolute Gasteiger partial charge is 0.227 e. The molecule has 0 aromatic carbocycles. The van der Waals surface area contributed by atoms with E-state index in [0.717, 1.165) is 18.9 Å². The maximum Gasteiger partial charge on any atom is 0.227 e. The SMILES string of the molecule is NCC1CCOc2ncsc21. The summed E-state index contributed by atoms with van der Waals surface area (Å²) in [5.41, 5.74) is 7.42. The Morgan fingerprint density at radius 1 is 1.82 bits per heavy atom. The second-order valence-corrected chi connectivity index (χ2v) is 3.48. The normalized spacial score (nSPS) is 22.5. The standard InChI is InChI=1S/C7H10N2OS/c8-3-5-1-2-10-7-6(5)11-4-9-7/h4-5H,1-3,8H2. The van der Waals surface area contributed by atoms with Crippen molar-refractivity contribution in [1.29, 1.82) is 0 Å². The van der Waals surface area contributed by atoms with Gasteiger partial charge < -0.3 is 10.5 Å². The third-order valence-corrected chi connectivity index (χ3v) is 2.89. The molecule has 0 bridgehead atoms. The van der Waals surface area contributed by atoms with E-state index in [9.17, 15) is 0 Å². The van der Waals surface area contributed by atoms with Gasteiger partial charge in [0.1, 0.15) is 0 Å². The second-order valence-electron chi connectivity index (χ2n) is 2.59. The summed E-state index contributed by atoms with van der Waals surface area (Å²) >= 11 is 1.64. The third kappa shape index (κ3) is 1.12. The molecule has 1 aromatic heterocycles. The van der Waals surface area contributed by atoms with Crippen LogP contribution >= 0.6 is 11.3 Å². The van der Waals surface area contributed by atoms with Crippen molar-refractivity contribution >= 4 is 11.3 Å². The molecule has 3 nitrogen and oxygen atoms in total. The van der Waals surface area contributed by atoms with Crippen LogP contribution in [0, 0.1) is 0 Å². The Morgan fingerprint density at radius 2 is 2.73 bits per heavy atom. The monoisotopic (exact) mass is 170 g/mol. The average Bonchev–Trinajstić information content (AvgIpc) is 2.50. The molecule has 1 atom stereocenters. The lowest BCUT2D eigenvalue weighted by Crippen LogP contribution is -2.19. The van der Waals surface area contributed by atoms with Crippen LogP contribution in [0.1, 0.15) is 17.2 Å². The molecule has 0 saturated heterocycles. The maximum absolute atomic E-state index is 5.60. The van der Waals surface area contributed by atoms with E-state index in [-0.39, 0.29) is 0 Å². The van der Waals surface area contributed by atoms with Crippen molar-refractivity contribution < 1.29 is 4.74 Å². The quantitative estimate of drug-likeness (QED) is 0.683. The summed E-state index contributed by atoms with van der Waals surface area (Å²) in [6.07, 6.45) is 1.03. The van der Waals surface area contributed by atoms with Crippen LogP contribution in [0.3, 0.4) is 0 Å². The van der Waals surface area contributed by atoms with E-state index in [0.29, 0.717) is 12.5 Å². The van der Waals surface area contributed by atoms with Crippen molar-refractivity contribution in [3.63, 3.8) is 0 Å². The minimum atomic E-state index is 0.478. The molecule has 4 heteroatoms. The molecule has 60 valence electrons. The maximum atomic E-state index is 5.60. The minimum Gasteiger partial charge on any atom is -0.477 e.